The smallest absolute Gasteiger partial charge is 0.0907 e. The third-order valence-electron chi connectivity index (χ3n) is 4.15. The Morgan fingerprint density at radius 1 is 1.20 bits per heavy atom. The molecule has 0 saturated heterocycles. The van der Waals surface area contributed by atoms with Gasteiger partial charge in [-0.15, -0.1) is 0 Å². The van der Waals surface area contributed by atoms with Crippen molar-refractivity contribution in [3.05, 3.63) is 22.8 Å². The number of allylic oxidation sites excluding steroid dienone is 3. The van der Waals surface area contributed by atoms with Gasteiger partial charge in [-0.3, -0.25) is 0 Å². The quantitative estimate of drug-likeness (QED) is 0.539. The van der Waals surface area contributed by atoms with Crippen molar-refractivity contribution in [3.63, 3.8) is 0 Å². The van der Waals surface area contributed by atoms with Gasteiger partial charge in [0.2, 0.25) is 0 Å². The molecule has 0 rings (SSSR count). The Labute approximate surface area is 131 Å². The molecule has 0 bridgehead atoms. The van der Waals surface area contributed by atoms with Crippen LogP contribution in [0.25, 0.3) is 0 Å². The van der Waals surface area contributed by atoms with E-state index in [1.165, 1.54) is 0 Å². The Morgan fingerprint density at radius 3 is 2.15 bits per heavy atom. The minimum absolute atomic E-state index is 0.149. The highest BCUT2D eigenvalue weighted by Gasteiger charge is 2.43. The number of hydrogen-bond acceptors (Lipinski definition) is 1. The first kappa shape index (κ1) is 19.7. The second-order valence-corrected chi connectivity index (χ2v) is 7.39. The number of hydrogen-bond donors (Lipinski definition) is 1. The standard InChI is InChI=1S/C18H33ClO/c1-8-12-18(20,17(6,7)13-14(3)4)15(5)10-11-16(19)9-2/h10-11,14,20H,8-9,12-13H2,1-7H3/b15-10+,16-11+. The maximum absolute atomic E-state index is 11.3. The van der Waals surface area contributed by atoms with Crippen molar-refractivity contribution >= 4 is 11.6 Å². The van der Waals surface area contributed by atoms with Crippen LogP contribution in [0.4, 0.5) is 0 Å². The van der Waals surface area contributed by atoms with E-state index in [2.05, 4.69) is 34.6 Å². The molecule has 1 atom stereocenters. The SMILES string of the molecule is CCCC(O)(/C(C)=C/C=C(/Cl)CC)C(C)(C)CC(C)C. The van der Waals surface area contributed by atoms with Crippen LogP contribution in [0, 0.1) is 11.3 Å². The monoisotopic (exact) mass is 300 g/mol. The van der Waals surface area contributed by atoms with Gasteiger partial charge in [-0.1, -0.05) is 65.6 Å². The van der Waals surface area contributed by atoms with Crippen LogP contribution in [0.1, 0.15) is 74.1 Å². The van der Waals surface area contributed by atoms with Gasteiger partial charge in [0, 0.05) is 5.03 Å². The first-order valence-corrected chi connectivity index (χ1v) is 8.24. The van der Waals surface area contributed by atoms with Gasteiger partial charge in [-0.05, 0) is 49.2 Å². The Kier molecular flexibility index (Phi) is 8.13. The zero-order valence-corrected chi connectivity index (χ0v) is 15.1. The van der Waals surface area contributed by atoms with Crippen LogP contribution in [-0.4, -0.2) is 10.7 Å². The molecule has 0 heterocycles. The van der Waals surface area contributed by atoms with Crippen LogP contribution in [0.15, 0.2) is 22.8 Å². The summed E-state index contributed by atoms with van der Waals surface area (Å²) in [6.07, 6.45) is 7.49. The van der Waals surface area contributed by atoms with Crippen LogP contribution in [0.3, 0.4) is 0 Å². The normalized spacial score (nSPS) is 17.5. The van der Waals surface area contributed by atoms with Gasteiger partial charge in [0.25, 0.3) is 0 Å². The summed E-state index contributed by atoms with van der Waals surface area (Å²) < 4.78 is 0. The first-order chi connectivity index (χ1) is 9.10. The third kappa shape index (κ3) is 5.26. The fraction of sp³-hybridized carbons (Fsp3) is 0.778. The number of halogens is 1. The zero-order valence-electron chi connectivity index (χ0n) is 14.4. The largest absolute Gasteiger partial charge is 0.385 e. The molecule has 2 heteroatoms. The molecule has 0 aromatic carbocycles. The predicted molar refractivity (Wildman–Crippen MR) is 91.1 cm³/mol. The average Bonchev–Trinajstić information content (AvgIpc) is 2.33. The third-order valence-corrected chi connectivity index (χ3v) is 4.55. The molecule has 20 heavy (non-hydrogen) atoms. The summed E-state index contributed by atoms with van der Waals surface area (Å²) in [7, 11) is 0. The topological polar surface area (TPSA) is 20.2 Å². The van der Waals surface area contributed by atoms with Gasteiger partial charge in [0.1, 0.15) is 0 Å². The summed E-state index contributed by atoms with van der Waals surface area (Å²) in [5.74, 6) is 0.566. The molecule has 118 valence electrons. The Hall–Kier alpha value is -0.270. The first-order valence-electron chi connectivity index (χ1n) is 7.86. The summed E-state index contributed by atoms with van der Waals surface area (Å²) in [6.45, 7) is 14.9. The van der Waals surface area contributed by atoms with Crippen molar-refractivity contribution < 1.29 is 5.11 Å². The molecular formula is C18H33ClO. The van der Waals surface area contributed by atoms with Crippen LogP contribution in [0.5, 0.6) is 0 Å². The summed E-state index contributed by atoms with van der Waals surface area (Å²) in [6, 6.07) is 0. The van der Waals surface area contributed by atoms with E-state index in [-0.39, 0.29) is 5.41 Å². The second kappa shape index (κ2) is 8.24. The van der Waals surface area contributed by atoms with E-state index in [4.69, 9.17) is 11.6 Å². The van der Waals surface area contributed by atoms with Gasteiger partial charge < -0.3 is 5.11 Å². The van der Waals surface area contributed by atoms with E-state index in [9.17, 15) is 5.11 Å². The Bertz CT molecular complexity index is 352. The van der Waals surface area contributed by atoms with E-state index in [1.54, 1.807) is 0 Å². The second-order valence-electron chi connectivity index (χ2n) is 6.91. The molecule has 1 N–H and O–H groups in total. The van der Waals surface area contributed by atoms with Gasteiger partial charge in [-0.25, -0.2) is 0 Å². The summed E-state index contributed by atoms with van der Waals surface area (Å²) >= 11 is 6.07. The van der Waals surface area contributed by atoms with E-state index in [0.717, 1.165) is 36.3 Å². The van der Waals surface area contributed by atoms with Crippen molar-refractivity contribution in [2.75, 3.05) is 0 Å². The van der Waals surface area contributed by atoms with Gasteiger partial charge >= 0.3 is 0 Å². The highest BCUT2D eigenvalue weighted by atomic mass is 35.5. The molecule has 0 saturated carbocycles. The van der Waals surface area contributed by atoms with Crippen molar-refractivity contribution in [3.8, 4) is 0 Å². The fourth-order valence-electron chi connectivity index (χ4n) is 3.09. The lowest BCUT2D eigenvalue weighted by atomic mass is 9.65. The van der Waals surface area contributed by atoms with Crippen molar-refractivity contribution in [1.29, 1.82) is 0 Å². The predicted octanol–water partition coefficient (Wildman–Crippen LogP) is 6.07. The number of rotatable bonds is 8. The summed E-state index contributed by atoms with van der Waals surface area (Å²) in [5, 5.41) is 12.1. The lowest BCUT2D eigenvalue weighted by molar-refractivity contribution is -0.0522. The zero-order chi connectivity index (χ0) is 16.0. The molecule has 1 nitrogen and oxygen atoms in total. The van der Waals surface area contributed by atoms with Crippen LogP contribution >= 0.6 is 11.6 Å². The molecule has 1 unspecified atom stereocenters. The molecule has 0 radical (unpaired) electrons. The minimum Gasteiger partial charge on any atom is -0.385 e. The maximum Gasteiger partial charge on any atom is 0.0907 e. The summed E-state index contributed by atoms with van der Waals surface area (Å²) in [5.41, 5.74) is 0.0918. The molecule has 0 aromatic heterocycles. The summed E-state index contributed by atoms with van der Waals surface area (Å²) in [4.78, 5) is 0. The molecule has 0 aromatic rings. The highest BCUT2D eigenvalue weighted by molar-refractivity contribution is 6.29. The molecular weight excluding hydrogens is 268 g/mol. The minimum atomic E-state index is -0.770. The molecule has 0 aliphatic carbocycles. The van der Waals surface area contributed by atoms with Crippen molar-refractivity contribution in [2.45, 2.75) is 79.8 Å². The van der Waals surface area contributed by atoms with Crippen LogP contribution in [-0.2, 0) is 0 Å². The van der Waals surface area contributed by atoms with Crippen LogP contribution in [0.2, 0.25) is 0 Å². The molecule has 0 aliphatic heterocycles. The van der Waals surface area contributed by atoms with E-state index >= 15 is 0 Å². The lowest BCUT2D eigenvalue weighted by Gasteiger charge is -2.45. The lowest BCUT2D eigenvalue weighted by Crippen LogP contribution is -2.46. The van der Waals surface area contributed by atoms with Gasteiger partial charge in [0.05, 0.1) is 5.60 Å². The molecule has 0 amide bonds. The van der Waals surface area contributed by atoms with Crippen molar-refractivity contribution in [1.82, 2.24) is 0 Å². The van der Waals surface area contributed by atoms with E-state index < -0.39 is 5.60 Å². The number of aliphatic hydroxyl groups is 1. The Morgan fingerprint density at radius 2 is 1.75 bits per heavy atom. The molecule has 0 aliphatic rings. The molecule has 0 spiro atoms. The van der Waals surface area contributed by atoms with E-state index in [1.807, 2.05) is 26.0 Å². The van der Waals surface area contributed by atoms with Crippen molar-refractivity contribution in [2.24, 2.45) is 11.3 Å². The van der Waals surface area contributed by atoms with Crippen LogP contribution < -0.4 is 0 Å². The average molecular weight is 301 g/mol. The van der Waals surface area contributed by atoms with E-state index in [0.29, 0.717) is 5.92 Å². The van der Waals surface area contributed by atoms with Gasteiger partial charge in [0.15, 0.2) is 0 Å². The Balaban J connectivity index is 5.48. The van der Waals surface area contributed by atoms with Gasteiger partial charge in [-0.2, -0.15) is 0 Å². The highest BCUT2D eigenvalue weighted by Crippen LogP contribution is 2.44. The maximum atomic E-state index is 11.3. The molecule has 0 fully saturated rings. The fourth-order valence-corrected chi connectivity index (χ4v) is 3.15.